The van der Waals surface area contributed by atoms with Gasteiger partial charge in [-0.1, -0.05) is 13.8 Å². The molecule has 1 aromatic heterocycles. The first-order valence-electron chi connectivity index (χ1n) is 8.79. The molecule has 4 rings (SSSR count). The number of benzene rings is 1. The van der Waals surface area contributed by atoms with Gasteiger partial charge >= 0.3 is 0 Å². The van der Waals surface area contributed by atoms with E-state index >= 15 is 0 Å². The molecule has 3 heterocycles. The van der Waals surface area contributed by atoms with E-state index in [0.29, 0.717) is 17.7 Å². The normalized spacial score (nSPS) is 19.8. The van der Waals surface area contributed by atoms with E-state index < -0.39 is 0 Å². The summed E-state index contributed by atoms with van der Waals surface area (Å²) < 4.78 is 11.4. The van der Waals surface area contributed by atoms with Crippen LogP contribution >= 0.6 is 0 Å². The molecule has 2 aliphatic rings. The predicted molar refractivity (Wildman–Crippen MR) is 92.5 cm³/mol. The second kappa shape index (κ2) is 5.85. The van der Waals surface area contributed by atoms with Gasteiger partial charge in [0.25, 0.3) is 0 Å². The van der Waals surface area contributed by atoms with Gasteiger partial charge < -0.3 is 14.3 Å². The van der Waals surface area contributed by atoms with Crippen molar-refractivity contribution in [2.45, 2.75) is 45.7 Å². The van der Waals surface area contributed by atoms with Crippen LogP contribution in [0, 0.1) is 5.92 Å². The molecule has 2 aliphatic heterocycles. The molecule has 128 valence electrons. The highest BCUT2D eigenvalue weighted by Gasteiger charge is 2.34. The van der Waals surface area contributed by atoms with E-state index in [1.807, 2.05) is 12.1 Å². The number of fused-ring (bicyclic) bond motifs is 4. The summed E-state index contributed by atoms with van der Waals surface area (Å²) >= 11 is 0. The average molecular weight is 327 g/mol. The highest BCUT2D eigenvalue weighted by molar-refractivity contribution is 5.49. The van der Waals surface area contributed by atoms with Gasteiger partial charge in [0.15, 0.2) is 11.5 Å². The lowest BCUT2D eigenvalue weighted by molar-refractivity contribution is 0.144. The van der Waals surface area contributed by atoms with E-state index in [1.165, 1.54) is 16.7 Å². The summed E-state index contributed by atoms with van der Waals surface area (Å²) in [5.74, 6) is 3.64. The summed E-state index contributed by atoms with van der Waals surface area (Å²) in [6, 6.07) is 6.45. The van der Waals surface area contributed by atoms with Crippen LogP contribution in [0.4, 0.5) is 0 Å². The van der Waals surface area contributed by atoms with Gasteiger partial charge in [-0.05, 0) is 53.6 Å². The monoisotopic (exact) mass is 327 g/mol. The van der Waals surface area contributed by atoms with Crippen LogP contribution in [0.5, 0.6) is 11.5 Å². The van der Waals surface area contributed by atoms with Gasteiger partial charge in [-0.2, -0.15) is 0 Å². The zero-order valence-electron chi connectivity index (χ0n) is 14.6. The van der Waals surface area contributed by atoms with Crippen molar-refractivity contribution in [2.75, 3.05) is 13.7 Å². The standard InChI is InChI=1S/C20H25NO3/c1-12(2)6-15-7-14-8-17-16-10-18(22)19(23-3)9-13(16)4-5-21(17)11-20(14)24-15/h7,9-10,12,17,22H,4-6,8,11H2,1-3H3. The number of ether oxygens (including phenoxy) is 1. The molecule has 2 aromatic rings. The Morgan fingerprint density at radius 2 is 2.12 bits per heavy atom. The molecule has 0 saturated heterocycles. The highest BCUT2D eigenvalue weighted by atomic mass is 16.5. The maximum Gasteiger partial charge on any atom is 0.160 e. The SMILES string of the molecule is COc1cc2c(cc1O)C1Cc3cc(CC(C)C)oc3CN1CC2. The van der Waals surface area contributed by atoms with Crippen molar-refractivity contribution in [1.29, 1.82) is 0 Å². The molecule has 0 bridgehead atoms. The molecule has 1 atom stereocenters. The number of phenolic OH excluding ortho intramolecular Hbond substituents is 1. The summed E-state index contributed by atoms with van der Waals surface area (Å²) in [7, 11) is 1.60. The Balaban J connectivity index is 1.67. The van der Waals surface area contributed by atoms with Crippen molar-refractivity contribution in [3.05, 3.63) is 46.4 Å². The predicted octanol–water partition coefficient (Wildman–Crippen LogP) is 3.85. The second-order valence-corrected chi connectivity index (χ2v) is 7.42. The Hall–Kier alpha value is -1.94. The number of hydrogen-bond donors (Lipinski definition) is 1. The van der Waals surface area contributed by atoms with E-state index in [1.54, 1.807) is 7.11 Å². The van der Waals surface area contributed by atoms with Crippen molar-refractivity contribution in [1.82, 2.24) is 4.90 Å². The number of rotatable bonds is 3. The number of phenols is 1. The maximum absolute atomic E-state index is 10.2. The van der Waals surface area contributed by atoms with Crippen LogP contribution < -0.4 is 4.74 Å². The highest BCUT2D eigenvalue weighted by Crippen LogP contribution is 2.42. The summed E-state index contributed by atoms with van der Waals surface area (Å²) in [4.78, 5) is 2.47. The third-order valence-electron chi connectivity index (χ3n) is 5.23. The molecule has 0 amide bonds. The molecule has 0 aliphatic carbocycles. The van der Waals surface area contributed by atoms with Crippen LogP contribution in [0.1, 0.15) is 48.1 Å². The maximum atomic E-state index is 10.2. The zero-order valence-corrected chi connectivity index (χ0v) is 14.6. The number of furan rings is 1. The molecule has 0 spiro atoms. The minimum Gasteiger partial charge on any atom is -0.504 e. The molecule has 24 heavy (non-hydrogen) atoms. The lowest BCUT2D eigenvalue weighted by atomic mass is 9.86. The fourth-order valence-electron chi connectivity index (χ4n) is 4.09. The van der Waals surface area contributed by atoms with Crippen molar-refractivity contribution in [2.24, 2.45) is 5.92 Å². The van der Waals surface area contributed by atoms with Crippen molar-refractivity contribution < 1.29 is 14.3 Å². The number of hydrogen-bond acceptors (Lipinski definition) is 4. The molecule has 4 heteroatoms. The van der Waals surface area contributed by atoms with Crippen molar-refractivity contribution in [3.63, 3.8) is 0 Å². The van der Waals surface area contributed by atoms with Crippen LogP contribution in [-0.4, -0.2) is 23.7 Å². The van der Waals surface area contributed by atoms with Gasteiger partial charge in [0.05, 0.1) is 13.7 Å². The van der Waals surface area contributed by atoms with Gasteiger partial charge in [0, 0.05) is 19.0 Å². The fourth-order valence-corrected chi connectivity index (χ4v) is 4.09. The van der Waals surface area contributed by atoms with Crippen LogP contribution in [0.25, 0.3) is 0 Å². The van der Waals surface area contributed by atoms with E-state index in [0.717, 1.165) is 43.9 Å². The molecule has 1 unspecified atom stereocenters. The third kappa shape index (κ3) is 2.59. The summed E-state index contributed by atoms with van der Waals surface area (Å²) in [6.07, 6.45) is 2.93. The minimum absolute atomic E-state index is 0.233. The summed E-state index contributed by atoms with van der Waals surface area (Å²) in [5, 5.41) is 10.2. The molecular formula is C20H25NO3. The minimum atomic E-state index is 0.233. The smallest absolute Gasteiger partial charge is 0.160 e. The van der Waals surface area contributed by atoms with Crippen LogP contribution in [0.3, 0.4) is 0 Å². The lowest BCUT2D eigenvalue weighted by Crippen LogP contribution is -2.38. The van der Waals surface area contributed by atoms with Crippen LogP contribution in [0.2, 0.25) is 0 Å². The second-order valence-electron chi connectivity index (χ2n) is 7.42. The number of methoxy groups -OCH3 is 1. The quantitative estimate of drug-likeness (QED) is 0.930. The van der Waals surface area contributed by atoms with E-state index in [2.05, 4.69) is 24.8 Å². The summed E-state index contributed by atoms with van der Waals surface area (Å²) in [6.45, 7) is 6.32. The zero-order chi connectivity index (χ0) is 16.8. The topological polar surface area (TPSA) is 45.8 Å². The van der Waals surface area contributed by atoms with E-state index in [-0.39, 0.29) is 5.75 Å². The van der Waals surface area contributed by atoms with Crippen molar-refractivity contribution in [3.8, 4) is 11.5 Å². The Morgan fingerprint density at radius 1 is 1.29 bits per heavy atom. The molecule has 0 fully saturated rings. The van der Waals surface area contributed by atoms with Gasteiger partial charge in [-0.15, -0.1) is 0 Å². The average Bonchev–Trinajstić information content (AvgIpc) is 2.92. The number of nitrogens with zero attached hydrogens (tertiary/aromatic N) is 1. The molecule has 1 aromatic carbocycles. The Bertz CT molecular complexity index is 762. The molecule has 0 saturated carbocycles. The van der Waals surface area contributed by atoms with Gasteiger partial charge in [0.2, 0.25) is 0 Å². The Kier molecular flexibility index (Phi) is 3.80. The number of aromatic hydroxyl groups is 1. The van der Waals surface area contributed by atoms with Gasteiger partial charge in [-0.3, -0.25) is 4.90 Å². The largest absolute Gasteiger partial charge is 0.504 e. The third-order valence-corrected chi connectivity index (χ3v) is 5.23. The van der Waals surface area contributed by atoms with Crippen molar-refractivity contribution >= 4 is 0 Å². The first kappa shape index (κ1) is 15.6. The van der Waals surface area contributed by atoms with E-state index in [4.69, 9.17) is 9.15 Å². The van der Waals surface area contributed by atoms with Crippen LogP contribution in [-0.2, 0) is 25.8 Å². The van der Waals surface area contributed by atoms with Gasteiger partial charge in [-0.25, -0.2) is 0 Å². The van der Waals surface area contributed by atoms with Crippen LogP contribution in [0.15, 0.2) is 22.6 Å². The first-order chi connectivity index (χ1) is 11.5. The van der Waals surface area contributed by atoms with E-state index in [9.17, 15) is 5.11 Å². The molecule has 4 nitrogen and oxygen atoms in total. The fraction of sp³-hybridized carbons (Fsp3) is 0.500. The van der Waals surface area contributed by atoms with Gasteiger partial charge in [0.1, 0.15) is 11.5 Å². The lowest BCUT2D eigenvalue weighted by Gasteiger charge is -2.40. The molecule has 1 N–H and O–H groups in total. The first-order valence-corrected chi connectivity index (χ1v) is 8.79. The Labute approximate surface area is 143 Å². The summed E-state index contributed by atoms with van der Waals surface area (Å²) in [5.41, 5.74) is 3.85. The molecular weight excluding hydrogens is 302 g/mol. The Morgan fingerprint density at radius 3 is 2.88 bits per heavy atom. The molecule has 0 radical (unpaired) electrons.